The maximum Gasteiger partial charge on any atom is 0.213 e. The Labute approximate surface area is 91.9 Å². The molecule has 0 amide bonds. The molecular formula is C12H20N2O. The van der Waals surface area contributed by atoms with E-state index in [2.05, 4.69) is 23.3 Å². The number of hydrogen-bond acceptors (Lipinski definition) is 3. The lowest BCUT2D eigenvalue weighted by Gasteiger charge is -2.11. The van der Waals surface area contributed by atoms with Gasteiger partial charge in [-0.3, -0.25) is 0 Å². The highest BCUT2D eigenvalue weighted by molar-refractivity contribution is 5.24. The Morgan fingerprint density at radius 1 is 1.40 bits per heavy atom. The molecule has 1 heterocycles. The fraction of sp³-hybridized carbons (Fsp3) is 0.583. The number of nitrogens with one attached hydrogen (secondary N) is 1. The number of aromatic nitrogens is 1. The van der Waals surface area contributed by atoms with Crippen LogP contribution in [0.1, 0.15) is 32.0 Å². The number of hydrogen-bond donors (Lipinski definition) is 1. The maximum atomic E-state index is 5.58. The molecule has 1 aromatic rings. The minimum Gasteiger partial charge on any atom is -0.475 e. The molecule has 0 aromatic carbocycles. The van der Waals surface area contributed by atoms with Crippen molar-refractivity contribution in [1.82, 2.24) is 10.3 Å². The third kappa shape index (κ3) is 4.30. The number of pyridine rings is 1. The molecule has 1 aromatic heterocycles. The van der Waals surface area contributed by atoms with Crippen LogP contribution in [0.3, 0.4) is 0 Å². The topological polar surface area (TPSA) is 34.2 Å². The van der Waals surface area contributed by atoms with Crippen LogP contribution in [-0.4, -0.2) is 17.6 Å². The molecule has 0 saturated heterocycles. The zero-order valence-electron chi connectivity index (χ0n) is 10.0. The van der Waals surface area contributed by atoms with Gasteiger partial charge in [0.05, 0.1) is 6.10 Å². The van der Waals surface area contributed by atoms with E-state index in [4.69, 9.17) is 4.74 Å². The molecule has 3 nitrogen and oxygen atoms in total. The number of rotatable bonds is 5. The van der Waals surface area contributed by atoms with E-state index in [1.54, 1.807) is 0 Å². The molecule has 0 fully saturated rings. The van der Waals surface area contributed by atoms with Gasteiger partial charge < -0.3 is 10.1 Å². The van der Waals surface area contributed by atoms with E-state index in [1.807, 2.05) is 26.8 Å². The molecule has 15 heavy (non-hydrogen) atoms. The Bertz CT molecular complexity index is 310. The van der Waals surface area contributed by atoms with Crippen LogP contribution in [0.4, 0.5) is 0 Å². The Morgan fingerprint density at radius 3 is 2.73 bits per heavy atom. The predicted octanol–water partition coefficient (Wildman–Crippen LogP) is 2.29. The number of nitrogens with zero attached hydrogens (tertiary/aromatic N) is 1. The van der Waals surface area contributed by atoms with Crippen molar-refractivity contribution in [2.45, 2.75) is 40.3 Å². The van der Waals surface area contributed by atoms with Crippen molar-refractivity contribution in [3.05, 3.63) is 23.4 Å². The van der Waals surface area contributed by atoms with Crippen LogP contribution in [0.25, 0.3) is 0 Å². The number of ether oxygens (including phenoxy) is 1. The summed E-state index contributed by atoms with van der Waals surface area (Å²) < 4.78 is 5.58. The monoisotopic (exact) mass is 208 g/mol. The van der Waals surface area contributed by atoms with Gasteiger partial charge in [-0.05, 0) is 38.9 Å². The Kier molecular flexibility index (Phi) is 4.56. The second-order valence-corrected chi connectivity index (χ2v) is 3.90. The van der Waals surface area contributed by atoms with Crippen LogP contribution >= 0.6 is 0 Å². The maximum absolute atomic E-state index is 5.58. The molecule has 84 valence electrons. The van der Waals surface area contributed by atoms with Gasteiger partial charge in [-0.15, -0.1) is 0 Å². The van der Waals surface area contributed by atoms with E-state index in [0.29, 0.717) is 0 Å². The second kappa shape index (κ2) is 5.71. The van der Waals surface area contributed by atoms with Crippen molar-refractivity contribution in [2.24, 2.45) is 0 Å². The van der Waals surface area contributed by atoms with E-state index >= 15 is 0 Å². The molecular weight excluding hydrogens is 188 g/mol. The summed E-state index contributed by atoms with van der Waals surface area (Å²) in [5.74, 6) is 0.720. The van der Waals surface area contributed by atoms with Gasteiger partial charge in [0.25, 0.3) is 0 Å². The van der Waals surface area contributed by atoms with Gasteiger partial charge in [0, 0.05) is 18.3 Å². The summed E-state index contributed by atoms with van der Waals surface area (Å²) >= 11 is 0. The first-order chi connectivity index (χ1) is 7.11. The summed E-state index contributed by atoms with van der Waals surface area (Å²) in [6, 6.07) is 4.07. The average molecular weight is 208 g/mol. The summed E-state index contributed by atoms with van der Waals surface area (Å²) in [6.07, 6.45) is 0.172. The van der Waals surface area contributed by atoms with Gasteiger partial charge in [0.1, 0.15) is 0 Å². The normalized spacial score (nSPS) is 10.7. The third-order valence-corrected chi connectivity index (χ3v) is 1.93. The molecule has 0 saturated carbocycles. The summed E-state index contributed by atoms with van der Waals surface area (Å²) in [7, 11) is 0. The fourth-order valence-corrected chi connectivity index (χ4v) is 1.38. The van der Waals surface area contributed by atoms with Crippen LogP contribution in [0.2, 0.25) is 0 Å². The van der Waals surface area contributed by atoms with Crippen LogP contribution in [0.5, 0.6) is 5.88 Å². The molecule has 0 unspecified atom stereocenters. The van der Waals surface area contributed by atoms with E-state index in [1.165, 1.54) is 5.56 Å². The highest BCUT2D eigenvalue weighted by Gasteiger charge is 2.02. The van der Waals surface area contributed by atoms with Crippen molar-refractivity contribution >= 4 is 0 Å². The first kappa shape index (κ1) is 12.0. The zero-order chi connectivity index (χ0) is 11.3. The smallest absolute Gasteiger partial charge is 0.213 e. The van der Waals surface area contributed by atoms with Gasteiger partial charge in [-0.1, -0.05) is 6.92 Å². The Balaban J connectivity index is 2.75. The molecule has 0 spiro atoms. The predicted molar refractivity (Wildman–Crippen MR) is 62.1 cm³/mol. The van der Waals surface area contributed by atoms with E-state index in [-0.39, 0.29) is 6.10 Å². The van der Waals surface area contributed by atoms with E-state index in [9.17, 15) is 0 Å². The lowest BCUT2D eigenvalue weighted by atomic mass is 10.2. The molecule has 0 aliphatic rings. The fourth-order valence-electron chi connectivity index (χ4n) is 1.38. The molecule has 1 N–H and O–H groups in total. The van der Waals surface area contributed by atoms with Crippen LogP contribution < -0.4 is 10.1 Å². The van der Waals surface area contributed by atoms with Gasteiger partial charge >= 0.3 is 0 Å². The average Bonchev–Trinajstić information content (AvgIpc) is 2.12. The van der Waals surface area contributed by atoms with Gasteiger partial charge in [-0.25, -0.2) is 4.98 Å². The Morgan fingerprint density at radius 2 is 2.13 bits per heavy atom. The SMILES string of the molecule is CCNCc1cc(C)nc(OC(C)C)c1. The molecule has 0 bridgehead atoms. The minimum absolute atomic E-state index is 0.172. The molecule has 1 rings (SSSR count). The third-order valence-electron chi connectivity index (χ3n) is 1.93. The molecule has 0 aliphatic heterocycles. The highest BCUT2D eigenvalue weighted by atomic mass is 16.5. The van der Waals surface area contributed by atoms with Crippen molar-refractivity contribution in [2.75, 3.05) is 6.54 Å². The number of aryl methyl sites for hydroxylation is 1. The van der Waals surface area contributed by atoms with Crippen molar-refractivity contribution in [1.29, 1.82) is 0 Å². The summed E-state index contributed by atoms with van der Waals surface area (Å²) in [5, 5.41) is 3.29. The summed E-state index contributed by atoms with van der Waals surface area (Å²) in [6.45, 7) is 9.94. The van der Waals surface area contributed by atoms with Crippen LogP contribution in [0, 0.1) is 6.92 Å². The van der Waals surface area contributed by atoms with Crippen molar-refractivity contribution in [3.63, 3.8) is 0 Å². The van der Waals surface area contributed by atoms with Gasteiger partial charge in [-0.2, -0.15) is 0 Å². The summed E-state index contributed by atoms with van der Waals surface area (Å²) in [4.78, 5) is 4.33. The molecule has 0 aliphatic carbocycles. The first-order valence-electron chi connectivity index (χ1n) is 5.46. The van der Waals surface area contributed by atoms with Crippen LogP contribution in [0.15, 0.2) is 12.1 Å². The lowest BCUT2D eigenvalue weighted by Crippen LogP contribution is -2.13. The standard InChI is InChI=1S/C12H20N2O/c1-5-13-8-11-6-10(4)14-12(7-11)15-9(2)3/h6-7,9,13H,5,8H2,1-4H3. The molecule has 3 heteroatoms. The largest absolute Gasteiger partial charge is 0.475 e. The first-order valence-corrected chi connectivity index (χ1v) is 5.46. The Hall–Kier alpha value is -1.09. The minimum atomic E-state index is 0.172. The second-order valence-electron chi connectivity index (χ2n) is 3.90. The molecule has 0 atom stereocenters. The van der Waals surface area contributed by atoms with E-state index < -0.39 is 0 Å². The quantitative estimate of drug-likeness (QED) is 0.806. The zero-order valence-corrected chi connectivity index (χ0v) is 10.0. The summed E-state index contributed by atoms with van der Waals surface area (Å²) in [5.41, 5.74) is 2.22. The van der Waals surface area contributed by atoms with Gasteiger partial charge in [0.2, 0.25) is 5.88 Å². The highest BCUT2D eigenvalue weighted by Crippen LogP contribution is 2.13. The van der Waals surface area contributed by atoms with E-state index in [0.717, 1.165) is 24.7 Å². The van der Waals surface area contributed by atoms with Crippen molar-refractivity contribution < 1.29 is 4.74 Å². The molecule has 0 radical (unpaired) electrons. The van der Waals surface area contributed by atoms with Crippen LogP contribution in [-0.2, 0) is 6.54 Å². The van der Waals surface area contributed by atoms with Crippen molar-refractivity contribution in [3.8, 4) is 5.88 Å². The van der Waals surface area contributed by atoms with Gasteiger partial charge in [0.15, 0.2) is 0 Å². The lowest BCUT2D eigenvalue weighted by molar-refractivity contribution is 0.232.